The summed E-state index contributed by atoms with van der Waals surface area (Å²) in [5.74, 6) is -2.25. The van der Waals surface area contributed by atoms with Crippen LogP contribution in [0, 0.1) is 93.0 Å². The van der Waals surface area contributed by atoms with E-state index in [4.69, 9.17) is 87.8 Å². The number of benzene rings is 12. The number of rotatable bonds is 13. The number of fused-ring (bicyclic) bond motifs is 12. The normalized spacial score (nSPS) is 17.0. The van der Waals surface area contributed by atoms with Gasteiger partial charge in [0, 0.05) is 148 Å². The minimum atomic E-state index is -1.91. The van der Waals surface area contributed by atoms with E-state index in [2.05, 4.69) is 19.4 Å². The Hall–Kier alpha value is -15.6. The topological polar surface area (TPSA) is 85.5 Å². The number of furan rings is 4. The summed E-state index contributed by atoms with van der Waals surface area (Å²) in [6.07, 6.45) is 3.60. The van der Waals surface area contributed by atoms with Crippen molar-refractivity contribution in [3.63, 3.8) is 0 Å². The Morgan fingerprint density at radius 2 is 0.550 bits per heavy atom. The highest BCUT2D eigenvalue weighted by Crippen LogP contribution is 2.52. The quantitative estimate of drug-likeness (QED) is 0.0850. The maximum atomic E-state index is 9.25. The third-order valence-electron chi connectivity index (χ3n) is 26.7. The molecule has 692 valence electrons. The molecule has 12 heteroatoms. The van der Waals surface area contributed by atoms with Crippen molar-refractivity contribution in [2.75, 3.05) is 0 Å². The molecule has 12 nitrogen and oxygen atoms in total. The van der Waals surface area contributed by atoms with Crippen molar-refractivity contribution in [1.29, 1.82) is 0 Å². The molecular formula is C128H120N8O4+4. The average molecular weight is 1870 g/mol. The summed E-state index contributed by atoms with van der Waals surface area (Å²) in [5, 5.41) is 4.85. The van der Waals surface area contributed by atoms with Gasteiger partial charge in [0.1, 0.15) is 72.9 Å². The lowest BCUT2D eigenvalue weighted by molar-refractivity contribution is -0.667. The van der Waals surface area contributed by atoms with Gasteiger partial charge in [0.2, 0.25) is 22.8 Å². The Kier molecular flexibility index (Phi) is 16.9. The van der Waals surface area contributed by atoms with Crippen LogP contribution in [-0.2, 0) is 40.9 Å². The van der Waals surface area contributed by atoms with E-state index in [0.717, 1.165) is 65.7 Å². The van der Waals surface area contributed by atoms with Gasteiger partial charge in [0.25, 0.3) is 0 Å². The zero-order valence-electron chi connectivity index (χ0n) is 115. The van der Waals surface area contributed by atoms with E-state index in [1.165, 1.54) is 12.1 Å². The molecule has 2 aliphatic rings. The van der Waals surface area contributed by atoms with Crippen molar-refractivity contribution in [1.82, 2.24) is 0 Å². The van der Waals surface area contributed by atoms with Crippen LogP contribution in [0.25, 0.3) is 197 Å². The number of nitrogens with zero attached hydrogens (tertiary/aromatic N) is 8. The van der Waals surface area contributed by atoms with E-state index in [0.29, 0.717) is 159 Å². The Morgan fingerprint density at radius 3 is 0.814 bits per heavy atom. The fourth-order valence-electron chi connectivity index (χ4n) is 19.3. The first kappa shape index (κ1) is 60.9. The fourth-order valence-corrected chi connectivity index (χ4v) is 19.3. The second-order valence-electron chi connectivity index (χ2n) is 36.9. The summed E-state index contributed by atoms with van der Waals surface area (Å²) in [7, 11) is 7.12. The van der Waals surface area contributed by atoms with Crippen LogP contribution in [0.15, 0.2) is 284 Å². The minimum Gasteiger partial charge on any atom is -0.456 e. The number of hydrogen-bond acceptors (Lipinski definition) is 4. The number of aryl methyl sites for hydroxylation is 4. The maximum absolute atomic E-state index is 9.25. The molecule has 0 radical (unpaired) electrons. The van der Waals surface area contributed by atoms with Gasteiger partial charge in [-0.25, -0.2) is 19.4 Å². The molecule has 140 heavy (non-hydrogen) atoms. The van der Waals surface area contributed by atoms with Crippen LogP contribution in [0.4, 0.5) is 22.7 Å². The van der Waals surface area contributed by atoms with Crippen molar-refractivity contribution in [2.24, 2.45) is 39.5 Å². The van der Waals surface area contributed by atoms with E-state index in [9.17, 15) is 2.74 Å². The number of aromatic nitrogens is 4. The molecular weight excluding hydrogens is 1710 g/mol. The van der Waals surface area contributed by atoms with E-state index in [1.807, 2.05) is 113 Å². The van der Waals surface area contributed by atoms with Gasteiger partial charge in [-0.05, 0) is 158 Å². The molecule has 0 spiro atoms. The number of pyridine rings is 4. The molecule has 0 unspecified atom stereocenters. The molecule has 0 amide bonds. The van der Waals surface area contributed by atoms with Gasteiger partial charge in [-0.1, -0.05) is 285 Å². The molecule has 2 fully saturated rings. The molecule has 0 atom stereocenters. The molecule has 20 aromatic rings. The predicted octanol–water partition coefficient (Wildman–Crippen LogP) is 34.1. The van der Waals surface area contributed by atoms with Crippen LogP contribution < -0.4 is 18.3 Å². The molecule has 8 aromatic heterocycles. The lowest BCUT2D eigenvalue weighted by Gasteiger charge is -2.22. The van der Waals surface area contributed by atoms with Crippen LogP contribution >= 0.6 is 0 Å². The molecule has 0 saturated heterocycles. The van der Waals surface area contributed by atoms with Crippen LogP contribution in [-0.4, -0.2) is 0 Å². The highest BCUT2D eigenvalue weighted by Gasteiger charge is 2.34. The Bertz CT molecular complexity index is 10200. The van der Waals surface area contributed by atoms with Crippen LogP contribution in [0.2, 0.25) is 0 Å². The smallest absolute Gasteiger partial charge is 0.216 e. The molecule has 2 saturated carbocycles. The molecule has 8 heterocycles. The average Bonchev–Trinajstić information content (AvgIpc) is 1.54. The molecule has 0 aliphatic heterocycles. The standard InChI is InChI=1S/C33H31N2O.C32H29N2O.C32H31N2O.C31H29N2O/c1-21-15-16-26-27-17-19-28(34-3)31(24-13-9-6-10-14-24)33(27)36-32(26)30(21)29-20-18-25(22(2)35(29)4)23-11-7-5-8-12-23;1-20-14-15-25-26-16-18-27(33-3)30(23-12-6-5-7-13-23)32(26)35-31(25)29(20)28-19-17-24(21(2)34(28)4)22-10-8-9-11-22;1-20-13-15-24-25-16-17-26(33-6)29(22-11-9-8-10-12-22)31(25)35-30(24)28(20)27-18-14-23(19-32(3,4)5)21(2)34(27)7;1-19(2)18-23-13-17-27(33(6)21(23)4)28-20(3)12-14-24-25-15-16-26(32-5)29(31(25)34-30(24)28)22-10-8-7-9-11-22/h6,9-10,13-20,23H,5,7-8,11-12H2,1-2,4H3;5-7,12-19,22H,8-11H2,1-2,4H3;8-18H,19H2,1-5,7H3;7-17,19H,18H2,1-4,6H3/q4*+1/i6D,9D,10D,13D,14D,18D,20D,23D;5D,6D,7D,12D,13D,17D,19D,22D;8D,9D,10D,11D,12D,14D,18D,19D2;7D,8D,9D,10D,11D,13D,17D,18D2. The van der Waals surface area contributed by atoms with Crippen molar-refractivity contribution in [2.45, 2.75) is 172 Å². The summed E-state index contributed by atoms with van der Waals surface area (Å²) < 4.78 is 326. The third-order valence-corrected chi connectivity index (χ3v) is 26.7. The monoisotopic (exact) mass is 1870 g/mol. The molecule has 22 rings (SSSR count). The number of hydrogen-bond donors (Lipinski definition) is 0. The van der Waals surface area contributed by atoms with E-state index in [1.54, 1.807) is 108 Å². The molecule has 2 aliphatic carbocycles. The second kappa shape index (κ2) is 38.8. The van der Waals surface area contributed by atoms with Gasteiger partial charge >= 0.3 is 0 Å². The zero-order valence-corrected chi connectivity index (χ0v) is 80.9. The van der Waals surface area contributed by atoms with Gasteiger partial charge in [-0.15, -0.1) is 0 Å². The Morgan fingerprint density at radius 1 is 0.314 bits per heavy atom. The van der Waals surface area contributed by atoms with Gasteiger partial charge in [-0.3, -0.25) is 0 Å². The Labute approximate surface area is 870 Å². The summed E-state index contributed by atoms with van der Waals surface area (Å²) >= 11 is 0. The van der Waals surface area contributed by atoms with Crippen molar-refractivity contribution in [3.8, 4) is 89.5 Å². The van der Waals surface area contributed by atoms with E-state index in [-0.39, 0.29) is 149 Å². The first-order chi connectivity index (χ1) is 81.6. The lowest BCUT2D eigenvalue weighted by atomic mass is 9.83. The van der Waals surface area contributed by atoms with Gasteiger partial charge in [-0.2, -0.15) is 18.3 Å². The maximum Gasteiger partial charge on any atom is 0.216 e. The van der Waals surface area contributed by atoms with Gasteiger partial charge in [0.15, 0.2) is 45.5 Å². The van der Waals surface area contributed by atoms with E-state index < -0.39 is 157 Å². The summed E-state index contributed by atoms with van der Waals surface area (Å²) in [6, 6.07) is 17.4. The van der Waals surface area contributed by atoms with Crippen LogP contribution in [0.5, 0.6) is 0 Å². The minimum absolute atomic E-state index is 0.00551. The lowest BCUT2D eigenvalue weighted by Crippen LogP contribution is -2.36. The van der Waals surface area contributed by atoms with Gasteiger partial charge < -0.3 is 17.7 Å². The molecule has 0 N–H and O–H groups in total. The largest absolute Gasteiger partial charge is 0.456 e. The molecule has 12 aromatic carbocycles. The van der Waals surface area contributed by atoms with Gasteiger partial charge in [0.05, 0.1) is 86.9 Å². The zero-order chi connectivity index (χ0) is 128. The van der Waals surface area contributed by atoms with E-state index >= 15 is 0 Å². The fraction of sp³-hybridized carbons (Fsp3) is 0.250. The van der Waals surface area contributed by atoms with Crippen molar-refractivity contribution >= 4 is 111 Å². The van der Waals surface area contributed by atoms with Crippen LogP contribution in [0.1, 0.15) is 218 Å². The predicted molar refractivity (Wildman–Crippen MR) is 575 cm³/mol. The second-order valence-corrected chi connectivity index (χ2v) is 36.9. The first-order valence-electron chi connectivity index (χ1n) is 63.4. The Balaban J connectivity index is 0.000000141. The molecule has 0 bridgehead atoms. The summed E-state index contributed by atoms with van der Waals surface area (Å²) in [5.41, 5.74) is 12.3. The summed E-state index contributed by atoms with van der Waals surface area (Å²) in [4.78, 5) is 14.4. The highest BCUT2D eigenvalue weighted by molar-refractivity contribution is 6.19. The van der Waals surface area contributed by atoms with Crippen LogP contribution in [0.3, 0.4) is 0 Å². The van der Waals surface area contributed by atoms with Crippen molar-refractivity contribution < 1.29 is 82.5 Å². The van der Waals surface area contributed by atoms with Crippen molar-refractivity contribution in [3.05, 3.63) is 379 Å². The highest BCUT2D eigenvalue weighted by atomic mass is 16.3. The first-order valence-corrected chi connectivity index (χ1v) is 46.4. The summed E-state index contributed by atoms with van der Waals surface area (Å²) in [6.45, 7) is 54.7. The third kappa shape index (κ3) is 17.1. The SMILES string of the molecule is [2H]c1c([2H])c([2H])c(-c2c([N+]#[C-])ccc3c2oc2c(-c4c([2H])c([2H])c(C([2H])([2H])C(C)(C)C)c(C)[n+]4C)c(C)ccc23)c([2H])c1[2H].[2H]c1c([2H])c([2H])c(-c2c([N+]#[C-])ccc3c2oc2c(-c4c([2H])c([2H])c(C([2H])([2H])C(C)C)c(C)[n+]4C)c(C)ccc23)c([2H])c1[2H].[2H]c1c([2H])c([2H])c(-c2c([N+]#[C-])ccc3c2oc2c(-c4c([2H])c([2H])c(C5([2H])CCCC5)c(C)[n+]4C)c(C)ccc23)c([2H])c1[2H].[2H]c1c([2H])c([2H])c(-c2c([N+]#[C-])ccc3c2oc2c(-c4c([2H])c([2H])c(C5([2H])CCCCC5)c(C)[n+]4C)c(C)ccc23)c([2H])c1[2H].